The van der Waals surface area contributed by atoms with E-state index in [1.54, 1.807) is 6.92 Å². The number of aliphatic hydroxyl groups excluding tert-OH is 1. The number of benzene rings is 2. The molecule has 0 heterocycles. The predicted molar refractivity (Wildman–Crippen MR) is 128 cm³/mol. The molecular formula is C24H31ClF2N2OS. The molecule has 2 aromatic carbocycles. The number of hydrogen-bond acceptors (Lipinski definition) is 3. The van der Waals surface area contributed by atoms with Gasteiger partial charge in [0.15, 0.2) is 0 Å². The first-order chi connectivity index (χ1) is 14.4. The summed E-state index contributed by atoms with van der Waals surface area (Å²) in [6, 6.07) is 9.86. The Labute approximate surface area is 195 Å². The predicted octanol–water partition coefficient (Wildman–Crippen LogP) is 4.83. The van der Waals surface area contributed by atoms with Gasteiger partial charge in [-0.1, -0.05) is 37.3 Å². The number of fused-ring (bicyclic) bond motifs is 1. The molecule has 3 rings (SSSR count). The van der Waals surface area contributed by atoms with Crippen molar-refractivity contribution in [1.29, 1.82) is 0 Å². The van der Waals surface area contributed by atoms with Crippen LogP contribution in [-0.4, -0.2) is 28.8 Å². The number of aryl methyl sites for hydroxylation is 2. The molecule has 170 valence electrons. The third-order valence-electron chi connectivity index (χ3n) is 5.74. The maximum absolute atomic E-state index is 13.6. The van der Waals surface area contributed by atoms with Crippen molar-refractivity contribution in [2.45, 2.75) is 64.1 Å². The minimum atomic E-state index is -0.769. The van der Waals surface area contributed by atoms with Gasteiger partial charge in [-0.25, -0.2) is 8.78 Å². The summed E-state index contributed by atoms with van der Waals surface area (Å²) >= 11 is 5.16. The summed E-state index contributed by atoms with van der Waals surface area (Å²) in [5.74, 6) is -1.25. The number of nitrogens with one attached hydrogen (secondary N) is 2. The molecule has 0 spiro atoms. The second-order valence-corrected chi connectivity index (χ2v) is 8.71. The number of aliphatic hydroxyl groups is 1. The Balaban J connectivity index is 0.00000341. The Kier molecular flexibility index (Phi) is 9.82. The maximum Gasteiger partial charge on any atom is 0.126 e. The van der Waals surface area contributed by atoms with Crippen LogP contribution in [0.15, 0.2) is 36.4 Å². The smallest absolute Gasteiger partial charge is 0.126 e. The zero-order valence-electron chi connectivity index (χ0n) is 18.0. The monoisotopic (exact) mass is 468 g/mol. The summed E-state index contributed by atoms with van der Waals surface area (Å²) in [5.41, 5.74) is 4.48. The molecule has 0 amide bonds. The van der Waals surface area contributed by atoms with E-state index in [2.05, 4.69) is 35.8 Å². The van der Waals surface area contributed by atoms with Crippen LogP contribution in [-0.2, 0) is 19.3 Å². The largest absolute Gasteiger partial charge is 0.390 e. The molecule has 0 saturated heterocycles. The van der Waals surface area contributed by atoms with Crippen LogP contribution in [0.5, 0.6) is 0 Å². The molecule has 3 N–H and O–H groups in total. The molecule has 7 heteroatoms. The molecule has 0 aromatic heterocycles. The zero-order chi connectivity index (χ0) is 21.7. The average molecular weight is 469 g/mol. The highest BCUT2D eigenvalue weighted by atomic mass is 35.5. The van der Waals surface area contributed by atoms with Crippen molar-refractivity contribution in [2.24, 2.45) is 0 Å². The van der Waals surface area contributed by atoms with E-state index in [1.807, 2.05) is 0 Å². The molecule has 2 aromatic rings. The quantitative estimate of drug-likeness (QED) is 0.486. The number of hydrogen-bond donors (Lipinski definition) is 3. The van der Waals surface area contributed by atoms with Crippen LogP contribution in [0, 0.1) is 11.6 Å². The summed E-state index contributed by atoms with van der Waals surface area (Å²) in [5, 5.41) is 17.5. The van der Waals surface area contributed by atoms with E-state index < -0.39 is 23.8 Å². The standard InChI is InChI=1S/C24H30F2N2OS.ClH/c1-3-16-7-8-18-5-4-6-22(21(18)11-16)27-14-24(29)23(28-15(2)30)12-17-9-19(25)13-20(26)10-17;/h7-11,13,22-24,27,29H,3-6,12,14H2,1-2H3,(H,28,30);1H. The van der Waals surface area contributed by atoms with Gasteiger partial charge in [-0.2, -0.15) is 0 Å². The Bertz CT molecular complexity index is 876. The molecule has 3 nitrogen and oxygen atoms in total. The lowest BCUT2D eigenvalue weighted by Gasteiger charge is -2.30. The average Bonchev–Trinajstić information content (AvgIpc) is 2.70. The van der Waals surface area contributed by atoms with E-state index in [4.69, 9.17) is 12.2 Å². The van der Waals surface area contributed by atoms with Gasteiger partial charge in [0.25, 0.3) is 0 Å². The maximum atomic E-state index is 13.6. The fourth-order valence-corrected chi connectivity index (χ4v) is 4.36. The summed E-state index contributed by atoms with van der Waals surface area (Å²) in [7, 11) is 0. The summed E-state index contributed by atoms with van der Waals surface area (Å²) in [6.45, 7) is 4.24. The van der Waals surface area contributed by atoms with Crippen LogP contribution in [0.4, 0.5) is 8.78 Å². The lowest BCUT2D eigenvalue weighted by molar-refractivity contribution is 0.129. The number of rotatable bonds is 8. The normalized spacial score (nSPS) is 17.3. The Morgan fingerprint density at radius 3 is 2.52 bits per heavy atom. The lowest BCUT2D eigenvalue weighted by atomic mass is 9.86. The van der Waals surface area contributed by atoms with Crippen LogP contribution in [0.3, 0.4) is 0 Å². The molecule has 3 unspecified atom stereocenters. The Morgan fingerprint density at radius 1 is 1.16 bits per heavy atom. The summed E-state index contributed by atoms with van der Waals surface area (Å²) in [4.78, 5) is 0.534. The van der Waals surface area contributed by atoms with E-state index in [9.17, 15) is 13.9 Å². The van der Waals surface area contributed by atoms with E-state index >= 15 is 0 Å². The van der Waals surface area contributed by atoms with Gasteiger partial charge in [-0.15, -0.1) is 12.4 Å². The van der Waals surface area contributed by atoms with Gasteiger partial charge >= 0.3 is 0 Å². The highest BCUT2D eigenvalue weighted by Crippen LogP contribution is 2.30. The molecule has 0 fully saturated rings. The summed E-state index contributed by atoms with van der Waals surface area (Å²) < 4.78 is 27.1. The molecular weight excluding hydrogens is 438 g/mol. The highest BCUT2D eigenvalue weighted by molar-refractivity contribution is 7.80. The van der Waals surface area contributed by atoms with Crippen molar-refractivity contribution < 1.29 is 13.9 Å². The van der Waals surface area contributed by atoms with Crippen LogP contribution in [0.25, 0.3) is 0 Å². The minimum Gasteiger partial charge on any atom is -0.390 e. The van der Waals surface area contributed by atoms with Gasteiger partial charge in [0.2, 0.25) is 0 Å². The van der Waals surface area contributed by atoms with Crippen LogP contribution < -0.4 is 10.6 Å². The van der Waals surface area contributed by atoms with Gasteiger partial charge in [0, 0.05) is 18.7 Å². The van der Waals surface area contributed by atoms with Crippen molar-refractivity contribution in [1.82, 2.24) is 10.6 Å². The molecule has 0 aliphatic heterocycles. The van der Waals surface area contributed by atoms with E-state index in [-0.39, 0.29) is 24.9 Å². The molecule has 0 saturated carbocycles. The number of halogens is 3. The first-order valence-electron chi connectivity index (χ1n) is 10.6. The fraction of sp³-hybridized carbons (Fsp3) is 0.458. The van der Waals surface area contributed by atoms with Crippen molar-refractivity contribution in [3.63, 3.8) is 0 Å². The topological polar surface area (TPSA) is 44.3 Å². The van der Waals surface area contributed by atoms with Gasteiger partial charge in [-0.3, -0.25) is 0 Å². The van der Waals surface area contributed by atoms with Crippen LogP contribution in [0.2, 0.25) is 0 Å². The first kappa shape index (κ1) is 25.7. The lowest BCUT2D eigenvalue weighted by Crippen LogP contribution is -2.48. The molecule has 31 heavy (non-hydrogen) atoms. The molecule has 1 aliphatic carbocycles. The first-order valence-corrected chi connectivity index (χ1v) is 11.0. The number of thiocarbonyl (C=S) groups is 1. The van der Waals surface area contributed by atoms with Gasteiger partial charge in [-0.05, 0) is 73.4 Å². The van der Waals surface area contributed by atoms with Gasteiger partial charge in [0.05, 0.1) is 17.1 Å². The molecule has 0 radical (unpaired) electrons. The molecule has 1 aliphatic rings. The van der Waals surface area contributed by atoms with E-state index in [0.717, 1.165) is 31.7 Å². The minimum absolute atomic E-state index is 0. The van der Waals surface area contributed by atoms with Crippen LogP contribution >= 0.6 is 24.6 Å². The Hall–Kier alpha value is -1.60. The SMILES string of the molecule is CCc1ccc2c(c1)C(NCC(O)C(Cc1cc(F)cc(F)c1)NC(C)=S)CCC2.Cl. The fourth-order valence-electron chi connectivity index (χ4n) is 4.21. The second-order valence-electron chi connectivity index (χ2n) is 8.10. The van der Waals surface area contributed by atoms with Crippen molar-refractivity contribution >= 4 is 29.6 Å². The van der Waals surface area contributed by atoms with Crippen molar-refractivity contribution in [2.75, 3.05) is 6.54 Å². The van der Waals surface area contributed by atoms with E-state index in [0.29, 0.717) is 17.1 Å². The van der Waals surface area contributed by atoms with Gasteiger partial charge < -0.3 is 15.7 Å². The van der Waals surface area contributed by atoms with Gasteiger partial charge in [0.1, 0.15) is 11.6 Å². The molecule has 3 atom stereocenters. The third kappa shape index (κ3) is 7.21. The third-order valence-corrected chi connectivity index (χ3v) is 5.86. The second kappa shape index (κ2) is 11.9. The Morgan fingerprint density at radius 2 is 1.87 bits per heavy atom. The van der Waals surface area contributed by atoms with Crippen molar-refractivity contribution in [3.05, 3.63) is 70.3 Å². The van der Waals surface area contributed by atoms with Crippen molar-refractivity contribution in [3.8, 4) is 0 Å². The molecule has 0 bridgehead atoms. The summed E-state index contributed by atoms with van der Waals surface area (Å²) in [6.07, 6.45) is 3.70. The highest BCUT2D eigenvalue weighted by Gasteiger charge is 2.24. The van der Waals surface area contributed by atoms with Crippen LogP contribution in [0.1, 0.15) is 55.0 Å². The van der Waals surface area contributed by atoms with E-state index in [1.165, 1.54) is 28.8 Å². The zero-order valence-corrected chi connectivity index (χ0v) is 19.6.